The first-order chi connectivity index (χ1) is 38.2. The molecule has 0 saturated carbocycles. The lowest BCUT2D eigenvalue weighted by molar-refractivity contribution is -0.144. The normalized spacial score (nSPS) is 17.1. The lowest BCUT2D eigenvalue weighted by atomic mass is 9.85. The Hall–Kier alpha value is -7.40. The van der Waals surface area contributed by atoms with E-state index in [4.69, 9.17) is 23.7 Å². The second kappa shape index (κ2) is 26.0. The molecule has 5 amide bonds. The number of thiazole rings is 1. The van der Waals surface area contributed by atoms with Crippen molar-refractivity contribution in [2.75, 3.05) is 72.4 Å². The minimum absolute atomic E-state index is 0.0303. The first kappa shape index (κ1) is 56.3. The minimum Gasteiger partial charge on any atom is -0.454 e. The molecule has 2 saturated heterocycles. The Balaban J connectivity index is 0.617. The van der Waals surface area contributed by atoms with Gasteiger partial charge < -0.3 is 54.8 Å². The monoisotopic (exact) mass is 1100 g/mol. The van der Waals surface area contributed by atoms with E-state index in [0.29, 0.717) is 36.6 Å². The van der Waals surface area contributed by atoms with Crippen molar-refractivity contribution in [3.05, 3.63) is 120 Å². The summed E-state index contributed by atoms with van der Waals surface area (Å²) in [5.74, 6) is -0.921. The fraction of sp³-hybridized carbons (Fsp3) is 0.414. The SMILES string of the molecule is Cc1ncsc1-c1ccc(CNC(=O)[C@@H]2C[C@@H](O)CN2C(=O)[C@H](NC(=O)COCCOCCOCCNC(=O)CN[C@H]2CCCN(C(=O)c3ccc(-c4ccc5ncc(-c6cc7ccccc7o6)n5n4)cc3)C2)C(C)(C)C)cc1. The standard InChI is InChI=1S/C58H68N10O10S/c1-37-53(79-36-63-37)40-13-11-38(12-14-40)30-62-55(72)46-29-44(69)34-67(46)57(74)54(58(2,3)4)64-52(71)35-77-27-26-76-25-24-75-23-21-59-51(70)32-60-43-9-7-22-66(33-43)56(73)41-17-15-39(16-18-41)45-19-20-50-61-31-47(68(50)65-45)49-28-42-8-5-6-10-48(42)78-49/h5-6,8,10-20,28,31,36,43-44,46,54,60,69H,7,9,21-27,29-30,32-35H2,1-4H3,(H,59,70)(H,62,72)(H,64,71)/t43-,44+,46-,54-/m0/s1. The number of aryl methyl sites for hydroxylation is 1. The number of likely N-dealkylation sites (tertiary alicyclic amines) is 2. The van der Waals surface area contributed by atoms with E-state index in [9.17, 15) is 29.1 Å². The van der Waals surface area contributed by atoms with E-state index < -0.39 is 35.4 Å². The van der Waals surface area contributed by atoms with Gasteiger partial charge in [-0.3, -0.25) is 24.0 Å². The number of aliphatic hydroxyl groups is 1. The van der Waals surface area contributed by atoms with Crippen LogP contribution in [-0.4, -0.2) is 161 Å². The number of furan rings is 1. The average Bonchev–Trinajstić information content (AvgIpc) is 4.29. The highest BCUT2D eigenvalue weighted by Crippen LogP contribution is 2.31. The Bertz CT molecular complexity index is 3190. The van der Waals surface area contributed by atoms with E-state index in [1.807, 2.05) is 124 Å². The van der Waals surface area contributed by atoms with Crippen LogP contribution >= 0.6 is 11.3 Å². The van der Waals surface area contributed by atoms with E-state index in [1.54, 1.807) is 27.6 Å². The van der Waals surface area contributed by atoms with Gasteiger partial charge in [-0.2, -0.15) is 5.10 Å². The molecule has 4 atom stereocenters. The summed E-state index contributed by atoms with van der Waals surface area (Å²) in [4.78, 5) is 79.8. The molecule has 2 fully saturated rings. The summed E-state index contributed by atoms with van der Waals surface area (Å²) in [6, 6.07) is 27.0. The summed E-state index contributed by atoms with van der Waals surface area (Å²) >= 11 is 1.57. The lowest BCUT2D eigenvalue weighted by Crippen LogP contribution is -2.58. The predicted molar refractivity (Wildman–Crippen MR) is 298 cm³/mol. The number of nitrogens with zero attached hydrogens (tertiary/aromatic N) is 6. The number of imidazole rings is 1. The summed E-state index contributed by atoms with van der Waals surface area (Å²) in [6.45, 7) is 10.0. The summed E-state index contributed by atoms with van der Waals surface area (Å²) in [5, 5.41) is 28.3. The van der Waals surface area contributed by atoms with Crippen LogP contribution in [0.5, 0.6) is 0 Å². The highest BCUT2D eigenvalue weighted by Gasteiger charge is 2.44. The number of rotatable bonds is 23. The van der Waals surface area contributed by atoms with Crippen LogP contribution < -0.4 is 21.3 Å². The smallest absolute Gasteiger partial charge is 0.253 e. The van der Waals surface area contributed by atoms with Crippen molar-refractivity contribution < 1.29 is 47.7 Å². The lowest BCUT2D eigenvalue weighted by Gasteiger charge is -2.35. The number of piperidine rings is 1. The number of carbonyl (C=O) groups is 5. The van der Waals surface area contributed by atoms with Gasteiger partial charge in [0, 0.05) is 61.7 Å². The van der Waals surface area contributed by atoms with Crippen LogP contribution in [0.4, 0.5) is 0 Å². The fourth-order valence-electron chi connectivity index (χ4n) is 9.75. The zero-order chi connectivity index (χ0) is 55.5. The molecule has 3 aromatic carbocycles. The number of hydrogen-bond acceptors (Lipinski definition) is 15. The molecular formula is C58H68N10O10S. The predicted octanol–water partition coefficient (Wildman–Crippen LogP) is 5.41. The molecule has 0 unspecified atom stereocenters. The van der Waals surface area contributed by atoms with E-state index in [2.05, 4.69) is 31.2 Å². The first-order valence-electron chi connectivity index (χ1n) is 26.7. The quantitative estimate of drug-likeness (QED) is 0.0504. The Kier molecular flexibility index (Phi) is 18.6. The highest BCUT2D eigenvalue weighted by atomic mass is 32.1. The van der Waals surface area contributed by atoms with E-state index in [0.717, 1.165) is 62.5 Å². The molecule has 2 aliphatic heterocycles. The number of benzene rings is 3. The van der Waals surface area contributed by atoms with Gasteiger partial charge in [0.25, 0.3) is 5.91 Å². The number of β-amino-alcohol motifs (C(OH)–C–C–N with tert-alkyl or cyclic N) is 1. The molecule has 5 N–H and O–H groups in total. The van der Waals surface area contributed by atoms with Crippen molar-refractivity contribution in [2.45, 2.75) is 77.7 Å². The van der Waals surface area contributed by atoms with Gasteiger partial charge in [0.2, 0.25) is 23.6 Å². The molecular weight excluding hydrogens is 1030 g/mol. The molecule has 0 aliphatic carbocycles. The van der Waals surface area contributed by atoms with Gasteiger partial charge in [-0.25, -0.2) is 14.5 Å². The van der Waals surface area contributed by atoms with Crippen molar-refractivity contribution in [3.63, 3.8) is 0 Å². The van der Waals surface area contributed by atoms with Crippen LogP contribution in [0.2, 0.25) is 0 Å². The first-order valence-corrected chi connectivity index (χ1v) is 27.6. The number of para-hydroxylation sites is 1. The van der Waals surface area contributed by atoms with Crippen LogP contribution in [0.1, 0.15) is 61.6 Å². The summed E-state index contributed by atoms with van der Waals surface area (Å²) in [5.41, 5.74) is 8.35. The van der Waals surface area contributed by atoms with Crippen LogP contribution in [-0.2, 0) is 39.9 Å². The summed E-state index contributed by atoms with van der Waals surface area (Å²) in [7, 11) is 0. The number of nitrogens with one attached hydrogen (secondary N) is 4. The van der Waals surface area contributed by atoms with Crippen LogP contribution in [0.25, 0.3) is 49.8 Å². The molecule has 0 bridgehead atoms. The molecule has 7 aromatic rings. The molecule has 9 rings (SSSR count). The van der Waals surface area contributed by atoms with E-state index in [-0.39, 0.29) is 89.5 Å². The minimum atomic E-state index is -0.986. The Labute approximate surface area is 462 Å². The molecule has 2 aliphatic rings. The molecule has 4 aromatic heterocycles. The Morgan fingerprint density at radius 2 is 1.59 bits per heavy atom. The molecule has 416 valence electrons. The maximum Gasteiger partial charge on any atom is 0.253 e. The summed E-state index contributed by atoms with van der Waals surface area (Å²) in [6.07, 6.45) is 2.60. The number of ether oxygens (including phenoxy) is 3. The molecule has 0 spiro atoms. The fourth-order valence-corrected chi connectivity index (χ4v) is 10.6. The number of carbonyl (C=O) groups excluding carboxylic acids is 5. The van der Waals surface area contributed by atoms with Gasteiger partial charge in [0.1, 0.15) is 30.0 Å². The zero-order valence-corrected chi connectivity index (χ0v) is 45.8. The number of hydrogen-bond donors (Lipinski definition) is 5. The summed E-state index contributed by atoms with van der Waals surface area (Å²) < 4.78 is 24.6. The van der Waals surface area contributed by atoms with Crippen molar-refractivity contribution >= 4 is 57.5 Å². The molecule has 79 heavy (non-hydrogen) atoms. The van der Waals surface area contributed by atoms with Gasteiger partial charge >= 0.3 is 0 Å². The average molecular weight is 1100 g/mol. The van der Waals surface area contributed by atoms with Crippen molar-refractivity contribution in [1.29, 1.82) is 0 Å². The largest absolute Gasteiger partial charge is 0.454 e. The number of aromatic nitrogens is 4. The Morgan fingerprint density at radius 1 is 0.848 bits per heavy atom. The molecule has 6 heterocycles. The van der Waals surface area contributed by atoms with Gasteiger partial charge in [0.15, 0.2) is 11.4 Å². The van der Waals surface area contributed by atoms with Crippen LogP contribution in [0, 0.1) is 12.3 Å². The van der Waals surface area contributed by atoms with Crippen molar-refractivity contribution in [3.8, 4) is 33.2 Å². The van der Waals surface area contributed by atoms with Gasteiger partial charge in [-0.05, 0) is 72.7 Å². The maximum atomic E-state index is 14.0. The highest BCUT2D eigenvalue weighted by molar-refractivity contribution is 7.13. The zero-order valence-electron chi connectivity index (χ0n) is 44.9. The van der Waals surface area contributed by atoms with Crippen LogP contribution in [0.3, 0.4) is 0 Å². The maximum absolute atomic E-state index is 14.0. The number of fused-ring (bicyclic) bond motifs is 2. The van der Waals surface area contributed by atoms with Gasteiger partial charge in [0.05, 0.1) is 73.7 Å². The molecule has 0 radical (unpaired) electrons. The van der Waals surface area contributed by atoms with Gasteiger partial charge in [-0.1, -0.05) is 75.4 Å². The van der Waals surface area contributed by atoms with Gasteiger partial charge in [-0.15, -0.1) is 11.3 Å². The second-order valence-electron chi connectivity index (χ2n) is 20.9. The third kappa shape index (κ3) is 14.5. The Morgan fingerprint density at radius 3 is 2.34 bits per heavy atom. The third-order valence-corrected chi connectivity index (χ3v) is 15.0. The molecule has 21 heteroatoms. The second-order valence-corrected chi connectivity index (χ2v) is 21.8. The topological polar surface area (TPSA) is 244 Å². The van der Waals surface area contributed by atoms with E-state index in [1.165, 1.54) is 4.90 Å². The number of aliphatic hydroxyl groups excluding tert-OH is 1. The number of amides is 5. The molecule has 20 nitrogen and oxygen atoms in total. The van der Waals surface area contributed by atoms with Crippen molar-refractivity contribution in [2.24, 2.45) is 5.41 Å². The van der Waals surface area contributed by atoms with Crippen LogP contribution in [0.15, 0.2) is 107 Å². The van der Waals surface area contributed by atoms with Crippen molar-refractivity contribution in [1.82, 2.24) is 50.6 Å². The third-order valence-electron chi connectivity index (χ3n) is 14.0. The van der Waals surface area contributed by atoms with E-state index >= 15 is 0 Å².